The minimum atomic E-state index is 0.0613. The molecule has 7 nitrogen and oxygen atoms in total. The van der Waals surface area contributed by atoms with E-state index in [2.05, 4.69) is 51.6 Å². The Labute approximate surface area is 123 Å². The van der Waals surface area contributed by atoms with E-state index in [9.17, 15) is 4.79 Å². The molecule has 0 aliphatic carbocycles. The Morgan fingerprint density at radius 3 is 2.71 bits per heavy atom. The number of hydrogen-bond acceptors (Lipinski definition) is 5. The number of aryl methyl sites for hydroxylation is 1. The van der Waals surface area contributed by atoms with E-state index < -0.39 is 0 Å². The Morgan fingerprint density at radius 1 is 1.24 bits per heavy atom. The van der Waals surface area contributed by atoms with Crippen LogP contribution in [0.3, 0.4) is 0 Å². The summed E-state index contributed by atoms with van der Waals surface area (Å²) in [5.41, 5.74) is 2.48. The standard InChI is InChI=1S/C14H18N6O/c1-12-3-2-4-13(9-12)18-5-7-19(8-6-18)14(21)10-20-11-15-16-17-20/h2-4,9,11H,5-8,10H2,1H3. The lowest BCUT2D eigenvalue weighted by Gasteiger charge is -2.36. The van der Waals surface area contributed by atoms with Gasteiger partial charge in [0.1, 0.15) is 12.9 Å². The molecule has 1 fully saturated rings. The molecule has 0 bridgehead atoms. The van der Waals surface area contributed by atoms with Crippen LogP contribution < -0.4 is 4.90 Å². The lowest BCUT2D eigenvalue weighted by atomic mass is 10.2. The van der Waals surface area contributed by atoms with Gasteiger partial charge in [-0.3, -0.25) is 4.79 Å². The van der Waals surface area contributed by atoms with E-state index in [0.717, 1.165) is 26.2 Å². The fourth-order valence-corrected chi connectivity index (χ4v) is 2.53. The Bertz CT molecular complexity index is 604. The highest BCUT2D eigenvalue weighted by atomic mass is 16.2. The Hall–Kier alpha value is -2.44. The summed E-state index contributed by atoms with van der Waals surface area (Å²) in [4.78, 5) is 16.3. The number of amides is 1. The van der Waals surface area contributed by atoms with Crippen LogP contribution in [0, 0.1) is 6.92 Å². The summed E-state index contributed by atoms with van der Waals surface area (Å²) in [5, 5.41) is 10.8. The van der Waals surface area contributed by atoms with E-state index in [4.69, 9.17) is 0 Å². The van der Waals surface area contributed by atoms with Crippen molar-refractivity contribution in [1.29, 1.82) is 0 Å². The molecule has 0 atom stereocenters. The second-order valence-electron chi connectivity index (χ2n) is 5.21. The maximum atomic E-state index is 12.2. The predicted molar refractivity (Wildman–Crippen MR) is 77.8 cm³/mol. The number of carbonyl (C=O) groups is 1. The van der Waals surface area contributed by atoms with Crippen LogP contribution in [0.2, 0.25) is 0 Å². The molecule has 21 heavy (non-hydrogen) atoms. The summed E-state index contributed by atoms with van der Waals surface area (Å²) in [6.45, 7) is 5.46. The second-order valence-corrected chi connectivity index (χ2v) is 5.21. The van der Waals surface area contributed by atoms with Crippen LogP contribution in [-0.2, 0) is 11.3 Å². The van der Waals surface area contributed by atoms with Crippen LogP contribution >= 0.6 is 0 Å². The van der Waals surface area contributed by atoms with Crippen LogP contribution in [0.1, 0.15) is 5.56 Å². The van der Waals surface area contributed by atoms with Gasteiger partial charge in [-0.05, 0) is 35.0 Å². The Morgan fingerprint density at radius 2 is 2.05 bits per heavy atom. The molecule has 1 amide bonds. The first-order chi connectivity index (χ1) is 10.2. The van der Waals surface area contributed by atoms with Crippen molar-refractivity contribution in [1.82, 2.24) is 25.1 Å². The van der Waals surface area contributed by atoms with Crippen molar-refractivity contribution in [3.8, 4) is 0 Å². The molecule has 2 heterocycles. The molecule has 0 saturated carbocycles. The molecule has 0 unspecified atom stereocenters. The van der Waals surface area contributed by atoms with Gasteiger partial charge in [0.15, 0.2) is 0 Å². The van der Waals surface area contributed by atoms with E-state index >= 15 is 0 Å². The number of anilines is 1. The highest BCUT2D eigenvalue weighted by molar-refractivity contribution is 5.76. The fraction of sp³-hybridized carbons (Fsp3) is 0.429. The van der Waals surface area contributed by atoms with Crippen LogP contribution in [0.5, 0.6) is 0 Å². The van der Waals surface area contributed by atoms with Crippen LogP contribution in [-0.4, -0.2) is 57.2 Å². The quantitative estimate of drug-likeness (QED) is 0.813. The number of nitrogens with zero attached hydrogens (tertiary/aromatic N) is 6. The molecule has 7 heteroatoms. The third-order valence-corrected chi connectivity index (χ3v) is 3.69. The molecule has 0 N–H and O–H groups in total. The first-order valence-corrected chi connectivity index (χ1v) is 7.02. The highest BCUT2D eigenvalue weighted by Crippen LogP contribution is 2.17. The van der Waals surface area contributed by atoms with Gasteiger partial charge >= 0.3 is 0 Å². The zero-order chi connectivity index (χ0) is 14.7. The first-order valence-electron chi connectivity index (χ1n) is 7.02. The van der Waals surface area contributed by atoms with Gasteiger partial charge in [0.05, 0.1) is 0 Å². The zero-order valence-electron chi connectivity index (χ0n) is 12.0. The monoisotopic (exact) mass is 286 g/mol. The van der Waals surface area contributed by atoms with Gasteiger partial charge in [-0.15, -0.1) is 5.10 Å². The Kier molecular flexibility index (Phi) is 3.81. The average molecular weight is 286 g/mol. The minimum Gasteiger partial charge on any atom is -0.368 e. The number of tetrazole rings is 1. The lowest BCUT2D eigenvalue weighted by molar-refractivity contribution is -0.132. The van der Waals surface area contributed by atoms with E-state index in [-0.39, 0.29) is 12.5 Å². The molecule has 110 valence electrons. The first kappa shape index (κ1) is 13.5. The molecule has 0 spiro atoms. The van der Waals surface area contributed by atoms with Crippen molar-refractivity contribution in [2.45, 2.75) is 13.5 Å². The van der Waals surface area contributed by atoms with Gasteiger partial charge in [-0.2, -0.15) is 0 Å². The zero-order valence-corrected chi connectivity index (χ0v) is 12.0. The van der Waals surface area contributed by atoms with E-state index in [1.807, 2.05) is 4.90 Å². The largest absolute Gasteiger partial charge is 0.368 e. The number of aromatic nitrogens is 4. The van der Waals surface area contributed by atoms with Gasteiger partial charge in [0.25, 0.3) is 0 Å². The van der Waals surface area contributed by atoms with Crippen LogP contribution in [0.25, 0.3) is 0 Å². The molecule has 1 aliphatic heterocycles. The number of benzene rings is 1. The molecule has 2 aromatic rings. The van der Waals surface area contributed by atoms with Crippen molar-refractivity contribution >= 4 is 11.6 Å². The van der Waals surface area contributed by atoms with Gasteiger partial charge in [0, 0.05) is 31.9 Å². The summed E-state index contributed by atoms with van der Waals surface area (Å²) in [7, 11) is 0. The van der Waals surface area contributed by atoms with Crippen molar-refractivity contribution in [3.63, 3.8) is 0 Å². The summed E-state index contributed by atoms with van der Waals surface area (Å²) < 4.78 is 1.45. The summed E-state index contributed by atoms with van der Waals surface area (Å²) in [6.07, 6.45) is 1.46. The van der Waals surface area contributed by atoms with Gasteiger partial charge in [0.2, 0.25) is 5.91 Å². The third kappa shape index (κ3) is 3.18. The molecule has 1 aromatic carbocycles. The van der Waals surface area contributed by atoms with Crippen molar-refractivity contribution < 1.29 is 4.79 Å². The lowest BCUT2D eigenvalue weighted by Crippen LogP contribution is -2.49. The summed E-state index contributed by atoms with van der Waals surface area (Å²) in [6, 6.07) is 8.46. The SMILES string of the molecule is Cc1cccc(N2CCN(C(=O)Cn3cnnn3)CC2)c1. The van der Waals surface area contributed by atoms with Crippen molar-refractivity contribution in [2.24, 2.45) is 0 Å². The van der Waals surface area contributed by atoms with Crippen molar-refractivity contribution in [2.75, 3.05) is 31.1 Å². The number of hydrogen-bond donors (Lipinski definition) is 0. The van der Waals surface area contributed by atoms with E-state index in [1.54, 1.807) is 0 Å². The minimum absolute atomic E-state index is 0.0613. The average Bonchev–Trinajstić information content (AvgIpc) is 3.00. The number of rotatable bonds is 3. The summed E-state index contributed by atoms with van der Waals surface area (Å²) in [5.74, 6) is 0.0613. The smallest absolute Gasteiger partial charge is 0.244 e. The van der Waals surface area contributed by atoms with E-state index in [1.165, 1.54) is 22.3 Å². The van der Waals surface area contributed by atoms with Gasteiger partial charge < -0.3 is 9.80 Å². The van der Waals surface area contributed by atoms with E-state index in [0.29, 0.717) is 0 Å². The molecular formula is C14H18N6O. The maximum absolute atomic E-state index is 12.2. The predicted octanol–water partition coefficient (Wildman–Crippen LogP) is 0.330. The normalized spacial score (nSPS) is 15.3. The van der Waals surface area contributed by atoms with Crippen LogP contribution in [0.4, 0.5) is 5.69 Å². The maximum Gasteiger partial charge on any atom is 0.244 e. The van der Waals surface area contributed by atoms with Crippen LogP contribution in [0.15, 0.2) is 30.6 Å². The van der Waals surface area contributed by atoms with Crippen molar-refractivity contribution in [3.05, 3.63) is 36.2 Å². The van der Waals surface area contributed by atoms with Gasteiger partial charge in [-0.1, -0.05) is 12.1 Å². The number of carbonyl (C=O) groups excluding carboxylic acids is 1. The molecule has 3 rings (SSSR count). The van der Waals surface area contributed by atoms with Gasteiger partial charge in [-0.25, -0.2) is 4.68 Å². The second kappa shape index (κ2) is 5.90. The topological polar surface area (TPSA) is 67.2 Å². The molecule has 1 aromatic heterocycles. The Balaban J connectivity index is 1.56. The highest BCUT2D eigenvalue weighted by Gasteiger charge is 2.21. The third-order valence-electron chi connectivity index (χ3n) is 3.69. The molecular weight excluding hydrogens is 268 g/mol. The molecule has 1 aliphatic rings. The molecule has 0 radical (unpaired) electrons. The fourth-order valence-electron chi connectivity index (χ4n) is 2.53. The number of piperazine rings is 1. The summed E-state index contributed by atoms with van der Waals surface area (Å²) >= 11 is 0. The molecule has 1 saturated heterocycles.